The van der Waals surface area contributed by atoms with Crippen LogP contribution >= 0.6 is 27.3 Å². The van der Waals surface area contributed by atoms with Gasteiger partial charge in [-0.05, 0) is 34.8 Å². The molecule has 2 aromatic heterocycles. The van der Waals surface area contributed by atoms with Gasteiger partial charge in [0.05, 0.1) is 6.54 Å². The fourth-order valence-corrected chi connectivity index (χ4v) is 3.46. The van der Waals surface area contributed by atoms with Gasteiger partial charge in [0.1, 0.15) is 18.0 Å². The van der Waals surface area contributed by atoms with E-state index >= 15 is 0 Å². The van der Waals surface area contributed by atoms with E-state index in [1.807, 2.05) is 0 Å². The molecule has 0 radical (unpaired) electrons. The van der Waals surface area contributed by atoms with Gasteiger partial charge in [-0.3, -0.25) is 0 Å². The van der Waals surface area contributed by atoms with Crippen LogP contribution in [0.5, 0.6) is 0 Å². The Balaban J connectivity index is 2.12. The number of nitrogens with one attached hydrogen (secondary N) is 2. The number of thiophene rings is 1. The summed E-state index contributed by atoms with van der Waals surface area (Å²) < 4.78 is 1.13. The predicted octanol–water partition coefficient (Wildman–Crippen LogP) is 4.69. The van der Waals surface area contributed by atoms with E-state index in [9.17, 15) is 0 Å². The first-order valence-electron chi connectivity index (χ1n) is 7.29. The highest BCUT2D eigenvalue weighted by Crippen LogP contribution is 2.24. The third-order valence-electron chi connectivity index (χ3n) is 3.04. The van der Waals surface area contributed by atoms with Gasteiger partial charge in [0.15, 0.2) is 0 Å². The Morgan fingerprint density at radius 3 is 2.52 bits per heavy atom. The summed E-state index contributed by atoms with van der Waals surface area (Å²) in [7, 11) is 0. The smallest absolute Gasteiger partial charge is 0.135 e. The predicted molar refractivity (Wildman–Crippen MR) is 94.2 cm³/mol. The SMILES string of the molecule is CCCNc1ncnc(NCc2cc(Br)cs2)c1CCC. The standard InChI is InChI=1S/C15H21BrN4S/c1-3-5-13-14(17-6-4-2)19-10-20-15(13)18-8-12-7-11(16)9-21-12/h7,9-10H,3-6,8H2,1-2H3,(H2,17,18,19,20). The van der Waals surface area contributed by atoms with Crippen LogP contribution in [0.25, 0.3) is 0 Å². The Hall–Kier alpha value is -1.14. The van der Waals surface area contributed by atoms with Gasteiger partial charge in [0, 0.05) is 26.8 Å². The van der Waals surface area contributed by atoms with Crippen molar-refractivity contribution < 1.29 is 0 Å². The molecule has 0 spiro atoms. The molecule has 0 atom stereocenters. The number of aromatic nitrogens is 2. The van der Waals surface area contributed by atoms with Gasteiger partial charge in [0.25, 0.3) is 0 Å². The lowest BCUT2D eigenvalue weighted by Gasteiger charge is -2.14. The largest absolute Gasteiger partial charge is 0.370 e. The van der Waals surface area contributed by atoms with E-state index in [0.717, 1.165) is 48.5 Å². The van der Waals surface area contributed by atoms with E-state index < -0.39 is 0 Å². The maximum Gasteiger partial charge on any atom is 0.135 e. The van der Waals surface area contributed by atoms with Gasteiger partial charge in [-0.2, -0.15) is 0 Å². The normalized spacial score (nSPS) is 10.6. The second-order valence-electron chi connectivity index (χ2n) is 4.81. The topological polar surface area (TPSA) is 49.8 Å². The Bertz CT molecular complexity index is 571. The highest BCUT2D eigenvalue weighted by atomic mass is 79.9. The Morgan fingerprint density at radius 2 is 1.90 bits per heavy atom. The van der Waals surface area contributed by atoms with Crippen molar-refractivity contribution in [1.29, 1.82) is 0 Å². The van der Waals surface area contributed by atoms with Gasteiger partial charge in [-0.1, -0.05) is 20.3 Å². The van der Waals surface area contributed by atoms with Gasteiger partial charge in [-0.15, -0.1) is 11.3 Å². The van der Waals surface area contributed by atoms with Crippen LogP contribution in [0.15, 0.2) is 22.2 Å². The lowest BCUT2D eigenvalue weighted by molar-refractivity contribution is 0.887. The molecule has 0 saturated heterocycles. The summed E-state index contributed by atoms with van der Waals surface area (Å²) in [6.07, 6.45) is 4.77. The van der Waals surface area contributed by atoms with Crippen molar-refractivity contribution in [2.45, 2.75) is 39.7 Å². The van der Waals surface area contributed by atoms with Crippen molar-refractivity contribution in [2.24, 2.45) is 0 Å². The van der Waals surface area contributed by atoms with Crippen LogP contribution in [0.2, 0.25) is 0 Å². The van der Waals surface area contributed by atoms with Gasteiger partial charge >= 0.3 is 0 Å². The summed E-state index contributed by atoms with van der Waals surface area (Å²) in [5.74, 6) is 1.90. The minimum absolute atomic E-state index is 0.789. The van der Waals surface area contributed by atoms with Crippen LogP contribution < -0.4 is 10.6 Å². The molecule has 0 bridgehead atoms. The molecule has 21 heavy (non-hydrogen) atoms. The summed E-state index contributed by atoms with van der Waals surface area (Å²) in [4.78, 5) is 10.1. The molecule has 2 aromatic rings. The first-order valence-corrected chi connectivity index (χ1v) is 8.96. The third kappa shape index (κ3) is 4.68. The minimum atomic E-state index is 0.789. The number of rotatable bonds is 8. The van der Waals surface area contributed by atoms with Crippen LogP contribution in [-0.2, 0) is 13.0 Å². The van der Waals surface area contributed by atoms with Crippen LogP contribution in [-0.4, -0.2) is 16.5 Å². The second kappa shape index (κ2) is 8.34. The fraction of sp³-hybridized carbons (Fsp3) is 0.467. The Labute approximate surface area is 138 Å². The molecule has 0 aliphatic heterocycles. The average molecular weight is 369 g/mol. The number of halogens is 1. The molecular formula is C15H21BrN4S. The van der Waals surface area contributed by atoms with E-state index in [4.69, 9.17) is 0 Å². The molecule has 6 heteroatoms. The summed E-state index contributed by atoms with van der Waals surface area (Å²) in [6, 6.07) is 2.13. The van der Waals surface area contributed by atoms with E-state index in [-0.39, 0.29) is 0 Å². The number of anilines is 2. The molecule has 0 unspecified atom stereocenters. The average Bonchev–Trinajstić information content (AvgIpc) is 2.90. The van der Waals surface area contributed by atoms with Crippen molar-refractivity contribution in [3.8, 4) is 0 Å². The van der Waals surface area contributed by atoms with Crippen molar-refractivity contribution in [3.05, 3.63) is 32.7 Å². The van der Waals surface area contributed by atoms with Crippen LogP contribution in [0, 0.1) is 0 Å². The fourth-order valence-electron chi connectivity index (χ4n) is 2.06. The van der Waals surface area contributed by atoms with Crippen LogP contribution in [0.3, 0.4) is 0 Å². The molecule has 0 saturated carbocycles. The molecule has 4 nitrogen and oxygen atoms in total. The van der Waals surface area contributed by atoms with Crippen molar-refractivity contribution in [2.75, 3.05) is 17.2 Å². The maximum absolute atomic E-state index is 4.42. The highest BCUT2D eigenvalue weighted by Gasteiger charge is 2.10. The molecule has 2 heterocycles. The monoisotopic (exact) mass is 368 g/mol. The van der Waals surface area contributed by atoms with Crippen molar-refractivity contribution >= 4 is 38.9 Å². The molecule has 0 aromatic carbocycles. The number of nitrogens with zero attached hydrogens (tertiary/aromatic N) is 2. The van der Waals surface area contributed by atoms with Crippen LogP contribution in [0.4, 0.5) is 11.6 Å². The van der Waals surface area contributed by atoms with Crippen LogP contribution in [0.1, 0.15) is 37.1 Å². The summed E-state index contributed by atoms with van der Waals surface area (Å²) in [5.41, 5.74) is 1.18. The van der Waals surface area contributed by atoms with Gasteiger partial charge in [0.2, 0.25) is 0 Å². The summed E-state index contributed by atoms with van der Waals surface area (Å²) in [6.45, 7) is 6.06. The molecule has 0 aliphatic rings. The lowest BCUT2D eigenvalue weighted by Crippen LogP contribution is -2.10. The minimum Gasteiger partial charge on any atom is -0.370 e. The maximum atomic E-state index is 4.42. The molecule has 0 amide bonds. The van der Waals surface area contributed by atoms with E-state index in [0.29, 0.717) is 0 Å². The van der Waals surface area contributed by atoms with Crippen molar-refractivity contribution in [1.82, 2.24) is 9.97 Å². The molecule has 0 fully saturated rings. The molecular weight excluding hydrogens is 348 g/mol. The third-order valence-corrected chi connectivity index (χ3v) is 4.74. The molecule has 0 aliphatic carbocycles. The van der Waals surface area contributed by atoms with Crippen molar-refractivity contribution in [3.63, 3.8) is 0 Å². The molecule has 2 rings (SSSR count). The zero-order chi connectivity index (χ0) is 15.1. The first kappa shape index (κ1) is 16.2. The number of hydrogen-bond donors (Lipinski definition) is 2. The Kier molecular flexibility index (Phi) is 6.45. The quantitative estimate of drug-likeness (QED) is 0.709. The lowest BCUT2D eigenvalue weighted by atomic mass is 10.1. The molecule has 114 valence electrons. The number of hydrogen-bond acceptors (Lipinski definition) is 5. The summed E-state index contributed by atoms with van der Waals surface area (Å²) in [5, 5.41) is 8.93. The zero-order valence-corrected chi connectivity index (χ0v) is 14.9. The molecule has 2 N–H and O–H groups in total. The zero-order valence-electron chi connectivity index (χ0n) is 12.4. The van der Waals surface area contributed by atoms with E-state index in [1.54, 1.807) is 17.7 Å². The second-order valence-corrected chi connectivity index (χ2v) is 6.72. The van der Waals surface area contributed by atoms with Gasteiger partial charge < -0.3 is 10.6 Å². The first-order chi connectivity index (χ1) is 10.2. The Morgan fingerprint density at radius 1 is 1.14 bits per heavy atom. The van der Waals surface area contributed by atoms with E-state index in [1.165, 1.54) is 10.4 Å². The highest BCUT2D eigenvalue weighted by molar-refractivity contribution is 9.10. The summed E-state index contributed by atoms with van der Waals surface area (Å²) >= 11 is 5.22. The van der Waals surface area contributed by atoms with Gasteiger partial charge in [-0.25, -0.2) is 9.97 Å². The van der Waals surface area contributed by atoms with E-state index in [2.05, 4.69) is 61.8 Å².